The first-order valence-corrected chi connectivity index (χ1v) is 5.29. The molecule has 1 rings (SSSR count). The summed E-state index contributed by atoms with van der Waals surface area (Å²) in [5, 5.41) is 26.4. The number of hydrogen-bond donors (Lipinski definition) is 3. The summed E-state index contributed by atoms with van der Waals surface area (Å²) in [4.78, 5) is 32.7. The van der Waals surface area contributed by atoms with E-state index >= 15 is 0 Å². The van der Waals surface area contributed by atoms with Crippen molar-refractivity contribution in [3.8, 4) is 0 Å². The van der Waals surface area contributed by atoms with Gasteiger partial charge in [-0.2, -0.15) is 0 Å². The van der Waals surface area contributed by atoms with E-state index in [1.54, 1.807) is 0 Å². The van der Waals surface area contributed by atoms with Crippen molar-refractivity contribution in [2.75, 3.05) is 0 Å². The van der Waals surface area contributed by atoms with E-state index < -0.39 is 29.6 Å². The van der Waals surface area contributed by atoms with Crippen LogP contribution in [0.15, 0.2) is 0 Å². The van der Waals surface area contributed by atoms with Gasteiger partial charge < -0.3 is 20.1 Å². The Hall–Kier alpha value is -1.63. The largest absolute Gasteiger partial charge is 0.478 e. The number of ether oxygens (including phenoxy) is 1. The molecular weight excluding hydrogens is 232 g/mol. The van der Waals surface area contributed by atoms with Crippen molar-refractivity contribution < 1.29 is 34.4 Å². The van der Waals surface area contributed by atoms with E-state index in [0.29, 0.717) is 12.8 Å². The predicted molar refractivity (Wildman–Crippen MR) is 53.6 cm³/mol. The zero-order chi connectivity index (χ0) is 13.1. The Bertz CT molecular complexity index is 294. The molecule has 3 N–H and O–H groups in total. The van der Waals surface area contributed by atoms with Crippen molar-refractivity contribution >= 4 is 17.9 Å². The molecule has 7 nitrogen and oxygen atoms in total. The standard InChI is InChI=1S/C10H14O7/c11-7(12)10(8(13)14,9(15)16)17-6-4-2-1-3-5-6/h6H,1-5H2,(H,11,12)(H,13,14)(H,15,16). The van der Waals surface area contributed by atoms with Crippen LogP contribution < -0.4 is 0 Å². The van der Waals surface area contributed by atoms with Gasteiger partial charge in [0.05, 0.1) is 6.10 Å². The molecule has 0 unspecified atom stereocenters. The van der Waals surface area contributed by atoms with Gasteiger partial charge in [-0.15, -0.1) is 0 Å². The molecule has 1 aliphatic carbocycles. The fourth-order valence-electron chi connectivity index (χ4n) is 1.86. The van der Waals surface area contributed by atoms with Gasteiger partial charge in [0.2, 0.25) is 0 Å². The second kappa shape index (κ2) is 5.13. The number of rotatable bonds is 5. The molecule has 0 aromatic rings. The topological polar surface area (TPSA) is 121 Å². The van der Waals surface area contributed by atoms with Crippen LogP contribution in [0.4, 0.5) is 0 Å². The maximum atomic E-state index is 10.9. The van der Waals surface area contributed by atoms with Gasteiger partial charge in [-0.3, -0.25) is 0 Å². The van der Waals surface area contributed by atoms with E-state index in [1.807, 2.05) is 0 Å². The first-order valence-electron chi connectivity index (χ1n) is 5.29. The number of hydrogen-bond acceptors (Lipinski definition) is 4. The van der Waals surface area contributed by atoms with Crippen molar-refractivity contribution in [3.63, 3.8) is 0 Å². The van der Waals surface area contributed by atoms with Crippen LogP contribution in [-0.4, -0.2) is 44.9 Å². The molecule has 0 aromatic heterocycles. The van der Waals surface area contributed by atoms with Crippen molar-refractivity contribution in [1.82, 2.24) is 0 Å². The van der Waals surface area contributed by atoms with Gasteiger partial charge in [0.25, 0.3) is 0 Å². The summed E-state index contributed by atoms with van der Waals surface area (Å²) in [6.45, 7) is 0. The van der Waals surface area contributed by atoms with Crippen molar-refractivity contribution in [2.45, 2.75) is 43.8 Å². The van der Waals surface area contributed by atoms with Crippen molar-refractivity contribution in [2.24, 2.45) is 0 Å². The molecule has 1 fully saturated rings. The Morgan fingerprint density at radius 3 is 1.65 bits per heavy atom. The van der Waals surface area contributed by atoms with E-state index in [4.69, 9.17) is 20.1 Å². The van der Waals surface area contributed by atoms with Gasteiger partial charge in [-0.25, -0.2) is 14.4 Å². The van der Waals surface area contributed by atoms with Crippen LogP contribution in [0.2, 0.25) is 0 Å². The average Bonchev–Trinajstić information content (AvgIpc) is 2.25. The summed E-state index contributed by atoms with van der Waals surface area (Å²) in [7, 11) is 0. The molecule has 0 amide bonds. The van der Waals surface area contributed by atoms with Crippen LogP contribution in [-0.2, 0) is 19.1 Å². The molecular formula is C10H14O7. The Morgan fingerprint density at radius 1 is 0.882 bits per heavy atom. The lowest BCUT2D eigenvalue weighted by Crippen LogP contribution is -2.57. The lowest BCUT2D eigenvalue weighted by molar-refractivity contribution is -0.202. The van der Waals surface area contributed by atoms with Gasteiger partial charge in [0.15, 0.2) is 0 Å². The summed E-state index contributed by atoms with van der Waals surface area (Å²) in [6, 6.07) is 0. The summed E-state index contributed by atoms with van der Waals surface area (Å²) in [5.41, 5.74) is -3.19. The minimum Gasteiger partial charge on any atom is -0.478 e. The maximum Gasteiger partial charge on any atom is 0.360 e. The predicted octanol–water partition coefficient (Wildman–Crippen LogP) is 0.328. The average molecular weight is 246 g/mol. The normalized spacial score (nSPS) is 17.6. The van der Waals surface area contributed by atoms with E-state index in [2.05, 4.69) is 0 Å². The molecule has 0 aliphatic heterocycles. The third kappa shape index (κ3) is 2.55. The monoisotopic (exact) mass is 246 g/mol. The lowest BCUT2D eigenvalue weighted by Gasteiger charge is -2.29. The van der Waals surface area contributed by atoms with Crippen LogP contribution in [0.5, 0.6) is 0 Å². The van der Waals surface area contributed by atoms with E-state index in [1.165, 1.54) is 0 Å². The lowest BCUT2D eigenvalue weighted by atomic mass is 9.96. The fourth-order valence-corrected chi connectivity index (χ4v) is 1.86. The van der Waals surface area contributed by atoms with Gasteiger partial charge in [0.1, 0.15) is 0 Å². The first kappa shape index (κ1) is 13.4. The second-order valence-electron chi connectivity index (χ2n) is 3.97. The van der Waals surface area contributed by atoms with Crippen LogP contribution in [0.3, 0.4) is 0 Å². The van der Waals surface area contributed by atoms with Gasteiger partial charge >= 0.3 is 23.5 Å². The fraction of sp³-hybridized carbons (Fsp3) is 0.700. The van der Waals surface area contributed by atoms with Gasteiger partial charge in [-0.05, 0) is 12.8 Å². The number of aliphatic carboxylic acids is 3. The van der Waals surface area contributed by atoms with Gasteiger partial charge in [-0.1, -0.05) is 19.3 Å². The highest BCUT2D eigenvalue weighted by molar-refractivity contribution is 6.20. The molecule has 7 heteroatoms. The minimum absolute atomic E-state index is 0.482. The molecule has 0 aromatic carbocycles. The molecule has 0 bridgehead atoms. The molecule has 0 atom stereocenters. The molecule has 0 heterocycles. The zero-order valence-electron chi connectivity index (χ0n) is 9.09. The molecule has 0 saturated heterocycles. The van der Waals surface area contributed by atoms with Crippen LogP contribution in [0.25, 0.3) is 0 Å². The Balaban J connectivity index is 2.92. The molecule has 96 valence electrons. The van der Waals surface area contributed by atoms with Gasteiger partial charge in [0, 0.05) is 0 Å². The van der Waals surface area contributed by atoms with E-state index in [-0.39, 0.29) is 0 Å². The summed E-state index contributed by atoms with van der Waals surface area (Å²) in [6.07, 6.45) is 2.84. The highest BCUT2D eigenvalue weighted by atomic mass is 16.6. The summed E-state index contributed by atoms with van der Waals surface area (Å²) >= 11 is 0. The number of carboxylic acid groups (broad SMARTS) is 3. The van der Waals surface area contributed by atoms with Crippen LogP contribution in [0, 0.1) is 0 Å². The molecule has 0 spiro atoms. The second-order valence-corrected chi connectivity index (χ2v) is 3.97. The molecule has 1 saturated carbocycles. The SMILES string of the molecule is O=C(O)C(OC1CCCCC1)(C(=O)O)C(=O)O. The quantitative estimate of drug-likeness (QED) is 0.597. The highest BCUT2D eigenvalue weighted by Crippen LogP contribution is 2.26. The zero-order valence-corrected chi connectivity index (χ0v) is 9.09. The van der Waals surface area contributed by atoms with Crippen molar-refractivity contribution in [3.05, 3.63) is 0 Å². The highest BCUT2D eigenvalue weighted by Gasteiger charge is 2.57. The minimum atomic E-state index is -3.19. The molecule has 1 aliphatic rings. The third-order valence-corrected chi connectivity index (χ3v) is 2.80. The summed E-state index contributed by atoms with van der Waals surface area (Å²) in [5.74, 6) is -6.03. The Kier molecular flexibility index (Phi) is 4.06. The van der Waals surface area contributed by atoms with E-state index in [0.717, 1.165) is 19.3 Å². The van der Waals surface area contributed by atoms with Crippen LogP contribution in [0.1, 0.15) is 32.1 Å². The Morgan fingerprint density at radius 2 is 1.29 bits per heavy atom. The maximum absolute atomic E-state index is 10.9. The van der Waals surface area contributed by atoms with E-state index in [9.17, 15) is 14.4 Å². The first-order chi connectivity index (χ1) is 7.91. The Labute approximate surface area is 97.0 Å². The van der Waals surface area contributed by atoms with Crippen molar-refractivity contribution in [1.29, 1.82) is 0 Å². The van der Waals surface area contributed by atoms with Crippen LogP contribution >= 0.6 is 0 Å². The smallest absolute Gasteiger partial charge is 0.360 e. The number of carbonyl (C=O) groups is 3. The summed E-state index contributed by atoms with van der Waals surface area (Å²) < 4.78 is 4.86. The number of carboxylic acids is 3. The third-order valence-electron chi connectivity index (χ3n) is 2.80. The molecule has 0 radical (unpaired) electrons. The molecule has 17 heavy (non-hydrogen) atoms.